The van der Waals surface area contributed by atoms with Gasteiger partial charge >= 0.3 is 0 Å². The highest BCUT2D eigenvalue weighted by Crippen LogP contribution is 2.50. The third-order valence-corrected chi connectivity index (χ3v) is 3.84. The van der Waals surface area contributed by atoms with Crippen molar-refractivity contribution in [2.75, 3.05) is 0 Å². The molecule has 1 unspecified atom stereocenters. The first-order valence-electron chi connectivity index (χ1n) is 6.31. The third-order valence-electron chi connectivity index (χ3n) is 3.84. The molecule has 1 aromatic rings. The van der Waals surface area contributed by atoms with Crippen LogP contribution in [0, 0.1) is 0 Å². The molecule has 1 N–H and O–H groups in total. The van der Waals surface area contributed by atoms with E-state index in [2.05, 4.69) is 61.8 Å². The van der Waals surface area contributed by atoms with Crippen LogP contribution in [0.5, 0.6) is 0 Å². The number of rotatable bonds is 5. The number of hydrogen-bond donors (Lipinski definition) is 1. The molecule has 17 heavy (non-hydrogen) atoms. The Kier molecular flexibility index (Phi) is 3.24. The first-order chi connectivity index (χ1) is 8.12. The summed E-state index contributed by atoms with van der Waals surface area (Å²) in [5.74, 6) is 0. The first-order valence-corrected chi connectivity index (χ1v) is 6.31. The van der Waals surface area contributed by atoms with Gasteiger partial charge in [0.25, 0.3) is 0 Å². The van der Waals surface area contributed by atoms with E-state index in [0.717, 1.165) is 6.42 Å². The van der Waals surface area contributed by atoms with Gasteiger partial charge in [-0.05, 0) is 44.7 Å². The van der Waals surface area contributed by atoms with Crippen LogP contribution in [0.15, 0.2) is 48.7 Å². The molecule has 2 rings (SSSR count). The van der Waals surface area contributed by atoms with Gasteiger partial charge in [0.2, 0.25) is 0 Å². The summed E-state index contributed by atoms with van der Waals surface area (Å²) in [6.45, 7) is 8.16. The fourth-order valence-electron chi connectivity index (χ4n) is 2.75. The van der Waals surface area contributed by atoms with E-state index in [9.17, 15) is 0 Å². The average molecular weight is 227 g/mol. The van der Waals surface area contributed by atoms with Gasteiger partial charge in [-0.15, -0.1) is 5.73 Å². The minimum Gasteiger partial charge on any atom is -0.299 e. The van der Waals surface area contributed by atoms with Gasteiger partial charge in [0.15, 0.2) is 0 Å². The van der Waals surface area contributed by atoms with Crippen molar-refractivity contribution in [3.05, 3.63) is 54.3 Å². The van der Waals surface area contributed by atoms with Crippen molar-refractivity contribution >= 4 is 0 Å². The van der Waals surface area contributed by atoms with E-state index in [-0.39, 0.29) is 11.1 Å². The quantitative estimate of drug-likeness (QED) is 0.461. The molecule has 0 radical (unpaired) electrons. The van der Waals surface area contributed by atoms with Gasteiger partial charge in [-0.1, -0.05) is 36.9 Å². The molecule has 0 amide bonds. The zero-order valence-corrected chi connectivity index (χ0v) is 10.8. The van der Waals surface area contributed by atoms with Crippen molar-refractivity contribution in [2.45, 2.75) is 44.2 Å². The molecule has 0 spiro atoms. The van der Waals surface area contributed by atoms with Gasteiger partial charge < -0.3 is 0 Å². The largest absolute Gasteiger partial charge is 0.299 e. The summed E-state index contributed by atoms with van der Waals surface area (Å²) in [5, 5.41) is 3.66. The van der Waals surface area contributed by atoms with Crippen molar-refractivity contribution in [1.82, 2.24) is 5.32 Å². The fourth-order valence-corrected chi connectivity index (χ4v) is 2.75. The Morgan fingerprint density at radius 1 is 1.29 bits per heavy atom. The lowest BCUT2D eigenvalue weighted by molar-refractivity contribution is 0.516. The van der Waals surface area contributed by atoms with Crippen LogP contribution in [0.1, 0.15) is 38.7 Å². The Balaban J connectivity index is 2.10. The smallest absolute Gasteiger partial charge is 0.0618 e. The predicted octanol–water partition coefficient (Wildman–Crippen LogP) is 3.78. The molecule has 1 heteroatoms. The Morgan fingerprint density at radius 3 is 2.47 bits per heavy atom. The molecule has 0 aliphatic carbocycles. The molecule has 0 aromatic heterocycles. The minimum atomic E-state index is 0.170. The normalized spacial score (nSPS) is 25.1. The van der Waals surface area contributed by atoms with Crippen LogP contribution in [0.3, 0.4) is 0 Å². The predicted molar refractivity (Wildman–Crippen MR) is 72.9 cm³/mol. The number of unbranched alkanes of at least 4 members (excludes halogenated alkanes) is 1. The zero-order chi connectivity index (χ0) is 12.4. The molecule has 1 aromatic carbocycles. The molecule has 0 saturated carbocycles. The van der Waals surface area contributed by atoms with Crippen LogP contribution in [0.2, 0.25) is 0 Å². The van der Waals surface area contributed by atoms with E-state index in [0.29, 0.717) is 0 Å². The second-order valence-corrected chi connectivity index (χ2v) is 5.32. The number of allylic oxidation sites excluding steroid dienone is 1. The fraction of sp³-hybridized carbons (Fsp3) is 0.438. The van der Waals surface area contributed by atoms with Crippen LogP contribution in [0.25, 0.3) is 0 Å². The summed E-state index contributed by atoms with van der Waals surface area (Å²) in [5.41, 5.74) is 4.63. The van der Waals surface area contributed by atoms with Gasteiger partial charge in [0, 0.05) is 5.54 Å². The van der Waals surface area contributed by atoms with E-state index < -0.39 is 0 Å². The Hall–Kier alpha value is -1.30. The van der Waals surface area contributed by atoms with Gasteiger partial charge in [-0.3, -0.25) is 5.32 Å². The van der Waals surface area contributed by atoms with Crippen LogP contribution >= 0.6 is 0 Å². The summed E-state index contributed by atoms with van der Waals surface area (Å²) in [6.07, 6.45) is 5.43. The second kappa shape index (κ2) is 4.52. The van der Waals surface area contributed by atoms with Crippen molar-refractivity contribution in [1.29, 1.82) is 0 Å². The number of nitrogens with one attached hydrogen (secondary N) is 1. The second-order valence-electron chi connectivity index (χ2n) is 5.32. The lowest BCUT2D eigenvalue weighted by Crippen LogP contribution is -2.18. The van der Waals surface area contributed by atoms with Crippen LogP contribution in [0.4, 0.5) is 0 Å². The molecule has 1 nitrogen and oxygen atoms in total. The maximum Gasteiger partial charge on any atom is 0.0618 e. The minimum absolute atomic E-state index is 0.170. The highest BCUT2D eigenvalue weighted by atomic mass is 15.3. The van der Waals surface area contributed by atoms with Gasteiger partial charge in [0.1, 0.15) is 0 Å². The zero-order valence-electron chi connectivity index (χ0n) is 10.8. The summed E-state index contributed by atoms with van der Waals surface area (Å²) >= 11 is 0. The van der Waals surface area contributed by atoms with Crippen molar-refractivity contribution in [2.24, 2.45) is 0 Å². The summed E-state index contributed by atoms with van der Waals surface area (Å²) < 4.78 is 0. The highest BCUT2D eigenvalue weighted by Gasteiger charge is 2.60. The van der Waals surface area contributed by atoms with E-state index in [4.69, 9.17) is 0 Å². The van der Waals surface area contributed by atoms with Crippen molar-refractivity contribution in [3.63, 3.8) is 0 Å². The Morgan fingerprint density at radius 2 is 1.94 bits per heavy atom. The molecule has 1 aliphatic heterocycles. The first kappa shape index (κ1) is 12.2. The van der Waals surface area contributed by atoms with Crippen LogP contribution < -0.4 is 5.32 Å². The van der Waals surface area contributed by atoms with Crippen molar-refractivity contribution < 1.29 is 0 Å². The number of hydrogen-bond acceptors (Lipinski definition) is 1. The SMILES string of the molecule is C=C=CCCCC1(c2ccccc2)NC1(C)C. The molecular formula is C16H21N. The molecule has 1 aliphatic rings. The van der Waals surface area contributed by atoms with Gasteiger partial charge in [-0.25, -0.2) is 0 Å². The van der Waals surface area contributed by atoms with E-state index in [1.54, 1.807) is 0 Å². The monoisotopic (exact) mass is 227 g/mol. The highest BCUT2D eigenvalue weighted by molar-refractivity contribution is 5.38. The van der Waals surface area contributed by atoms with Crippen LogP contribution in [-0.2, 0) is 5.54 Å². The van der Waals surface area contributed by atoms with Crippen LogP contribution in [-0.4, -0.2) is 5.54 Å². The van der Waals surface area contributed by atoms with E-state index >= 15 is 0 Å². The van der Waals surface area contributed by atoms with Gasteiger partial charge in [-0.2, -0.15) is 0 Å². The molecule has 1 heterocycles. The lowest BCUT2D eigenvalue weighted by Gasteiger charge is -2.18. The third kappa shape index (κ3) is 2.22. The Labute approximate surface area is 104 Å². The van der Waals surface area contributed by atoms with Gasteiger partial charge in [0.05, 0.1) is 5.54 Å². The summed E-state index contributed by atoms with van der Waals surface area (Å²) in [7, 11) is 0. The summed E-state index contributed by atoms with van der Waals surface area (Å²) in [4.78, 5) is 0. The molecule has 0 bridgehead atoms. The maximum atomic E-state index is 3.66. The van der Waals surface area contributed by atoms with E-state index in [1.165, 1.54) is 18.4 Å². The van der Waals surface area contributed by atoms with Crippen molar-refractivity contribution in [3.8, 4) is 0 Å². The molecule has 1 fully saturated rings. The molecule has 90 valence electrons. The van der Waals surface area contributed by atoms with E-state index in [1.807, 2.05) is 6.08 Å². The Bertz CT molecular complexity index is 426. The average Bonchev–Trinajstić information content (AvgIpc) is 2.90. The molecule has 1 atom stereocenters. The maximum absolute atomic E-state index is 3.66. The lowest BCUT2D eigenvalue weighted by atomic mass is 9.84. The summed E-state index contributed by atoms with van der Waals surface area (Å²) in [6, 6.07) is 10.8. The standard InChI is InChI=1S/C16H21N/c1-4-5-6-10-13-16(15(2,3)17-16)14-11-8-7-9-12-14/h5,7-9,11-12,17H,1,6,10,13H2,2-3H3. The molecular weight excluding hydrogens is 206 g/mol. The number of benzene rings is 1. The molecule has 1 saturated heterocycles. The topological polar surface area (TPSA) is 21.9 Å².